The van der Waals surface area contributed by atoms with Crippen molar-refractivity contribution in [2.75, 3.05) is 5.73 Å². The Balaban J connectivity index is 2.09. The van der Waals surface area contributed by atoms with Gasteiger partial charge in [-0.1, -0.05) is 24.2 Å². The maximum Gasteiger partial charge on any atom is 0.226 e. The summed E-state index contributed by atoms with van der Waals surface area (Å²) in [5.74, 6) is 2.16. The lowest BCUT2D eigenvalue weighted by atomic mass is 10.1. The van der Waals surface area contributed by atoms with E-state index in [4.69, 9.17) is 10.3 Å². The predicted molar refractivity (Wildman–Crippen MR) is 61.1 cm³/mol. The van der Waals surface area contributed by atoms with Gasteiger partial charge in [0.05, 0.1) is 5.69 Å². The van der Waals surface area contributed by atoms with Crippen LogP contribution in [-0.2, 0) is 13.0 Å². The van der Waals surface area contributed by atoms with Gasteiger partial charge in [-0.3, -0.25) is 0 Å². The average molecular weight is 236 g/mol. The van der Waals surface area contributed by atoms with E-state index in [1.54, 1.807) is 4.68 Å². The third kappa shape index (κ3) is 2.61. The van der Waals surface area contributed by atoms with Crippen LogP contribution in [0.4, 0.5) is 5.82 Å². The van der Waals surface area contributed by atoms with Crippen molar-refractivity contribution in [3.63, 3.8) is 0 Å². The van der Waals surface area contributed by atoms with Crippen molar-refractivity contribution in [1.82, 2.24) is 25.1 Å². The highest BCUT2D eigenvalue weighted by Gasteiger charge is 2.11. The molecule has 0 bridgehead atoms. The van der Waals surface area contributed by atoms with Crippen molar-refractivity contribution in [3.8, 4) is 0 Å². The first-order valence-electron chi connectivity index (χ1n) is 5.53. The monoisotopic (exact) mass is 236 g/mol. The lowest BCUT2D eigenvalue weighted by Crippen LogP contribution is -2.06. The summed E-state index contributed by atoms with van der Waals surface area (Å²) in [6, 6.07) is 0. The van der Waals surface area contributed by atoms with Crippen LogP contribution < -0.4 is 5.73 Å². The molecule has 0 aliphatic rings. The lowest BCUT2D eigenvalue weighted by molar-refractivity contribution is 0.357. The number of hydrogen-bond acceptors (Lipinski definition) is 6. The van der Waals surface area contributed by atoms with Crippen LogP contribution in [0.1, 0.15) is 31.3 Å². The Hall–Kier alpha value is -1.92. The van der Waals surface area contributed by atoms with Crippen LogP contribution in [-0.4, -0.2) is 25.1 Å². The fourth-order valence-corrected chi connectivity index (χ4v) is 1.44. The van der Waals surface area contributed by atoms with Gasteiger partial charge in [0.15, 0.2) is 11.6 Å². The molecule has 92 valence electrons. The van der Waals surface area contributed by atoms with Crippen molar-refractivity contribution in [2.45, 2.75) is 33.7 Å². The minimum Gasteiger partial charge on any atom is -0.381 e. The van der Waals surface area contributed by atoms with Crippen LogP contribution >= 0.6 is 0 Å². The number of aromatic nitrogens is 5. The standard InChI is InChI=1S/C10H16N6O/c1-6(2)4-9-12-8(14-17-9)5-16-7(3)10(11)13-15-16/h6H,4-5,11H2,1-3H3. The molecule has 0 unspecified atom stereocenters. The quantitative estimate of drug-likeness (QED) is 0.843. The Labute approximate surface area is 99.0 Å². The van der Waals surface area contributed by atoms with Crippen molar-refractivity contribution in [3.05, 3.63) is 17.4 Å². The van der Waals surface area contributed by atoms with E-state index in [2.05, 4.69) is 34.3 Å². The molecule has 17 heavy (non-hydrogen) atoms. The van der Waals surface area contributed by atoms with E-state index in [0.29, 0.717) is 30.0 Å². The highest BCUT2D eigenvalue weighted by molar-refractivity contribution is 5.31. The lowest BCUT2D eigenvalue weighted by Gasteiger charge is -1.98. The van der Waals surface area contributed by atoms with Gasteiger partial charge in [-0.2, -0.15) is 4.98 Å². The zero-order valence-corrected chi connectivity index (χ0v) is 10.2. The SMILES string of the molecule is Cc1c(N)nnn1Cc1noc(CC(C)C)n1. The second-order valence-electron chi connectivity index (χ2n) is 4.42. The van der Waals surface area contributed by atoms with E-state index < -0.39 is 0 Å². The van der Waals surface area contributed by atoms with Crippen molar-refractivity contribution >= 4 is 5.82 Å². The molecule has 2 heterocycles. The normalized spacial score (nSPS) is 11.3. The third-order valence-corrected chi connectivity index (χ3v) is 2.40. The summed E-state index contributed by atoms with van der Waals surface area (Å²) in [4.78, 5) is 4.29. The summed E-state index contributed by atoms with van der Waals surface area (Å²) < 4.78 is 6.79. The van der Waals surface area contributed by atoms with E-state index in [0.717, 1.165) is 12.1 Å². The molecule has 0 saturated heterocycles. The third-order valence-electron chi connectivity index (χ3n) is 2.40. The summed E-state index contributed by atoms with van der Waals surface area (Å²) in [5, 5.41) is 11.6. The highest BCUT2D eigenvalue weighted by Crippen LogP contribution is 2.09. The van der Waals surface area contributed by atoms with Crippen molar-refractivity contribution in [1.29, 1.82) is 0 Å². The van der Waals surface area contributed by atoms with Crippen LogP contribution in [0.15, 0.2) is 4.52 Å². The molecule has 0 spiro atoms. The van der Waals surface area contributed by atoms with Gasteiger partial charge < -0.3 is 10.3 Å². The van der Waals surface area contributed by atoms with Gasteiger partial charge in [0.25, 0.3) is 0 Å². The zero-order chi connectivity index (χ0) is 12.4. The zero-order valence-electron chi connectivity index (χ0n) is 10.2. The minimum absolute atomic E-state index is 0.427. The van der Waals surface area contributed by atoms with Gasteiger partial charge >= 0.3 is 0 Å². The Morgan fingerprint density at radius 1 is 1.41 bits per heavy atom. The molecule has 0 aliphatic heterocycles. The smallest absolute Gasteiger partial charge is 0.226 e. The molecule has 2 aromatic heterocycles. The number of rotatable bonds is 4. The molecule has 7 heteroatoms. The maximum absolute atomic E-state index is 5.61. The number of nitrogens with zero attached hydrogens (tertiary/aromatic N) is 5. The summed E-state index contributed by atoms with van der Waals surface area (Å²) in [5.41, 5.74) is 6.41. The molecule has 0 saturated carbocycles. The molecule has 0 amide bonds. The second-order valence-corrected chi connectivity index (χ2v) is 4.42. The first-order chi connectivity index (χ1) is 8.06. The van der Waals surface area contributed by atoms with Crippen LogP contribution in [0.2, 0.25) is 0 Å². The van der Waals surface area contributed by atoms with Crippen LogP contribution in [0.25, 0.3) is 0 Å². The molecular weight excluding hydrogens is 220 g/mol. The van der Waals surface area contributed by atoms with Crippen LogP contribution in [0.3, 0.4) is 0 Å². The highest BCUT2D eigenvalue weighted by atomic mass is 16.5. The Morgan fingerprint density at radius 3 is 2.76 bits per heavy atom. The van der Waals surface area contributed by atoms with Gasteiger partial charge in [0, 0.05) is 6.42 Å². The van der Waals surface area contributed by atoms with E-state index in [9.17, 15) is 0 Å². The van der Waals surface area contributed by atoms with Gasteiger partial charge in [0.2, 0.25) is 5.89 Å². The van der Waals surface area contributed by atoms with Gasteiger partial charge in [0.1, 0.15) is 6.54 Å². The molecule has 2 aromatic rings. The maximum atomic E-state index is 5.61. The summed E-state index contributed by atoms with van der Waals surface area (Å²) in [6.07, 6.45) is 0.783. The number of nitrogen functional groups attached to an aromatic ring is 1. The largest absolute Gasteiger partial charge is 0.381 e. The molecule has 7 nitrogen and oxygen atoms in total. The van der Waals surface area contributed by atoms with Crippen molar-refractivity contribution in [2.24, 2.45) is 5.92 Å². The molecule has 0 aliphatic carbocycles. The Bertz CT molecular complexity index is 501. The van der Waals surface area contributed by atoms with Gasteiger partial charge in [-0.15, -0.1) is 5.10 Å². The van der Waals surface area contributed by atoms with Crippen molar-refractivity contribution < 1.29 is 4.52 Å². The topological polar surface area (TPSA) is 95.7 Å². The summed E-state index contributed by atoms with van der Waals surface area (Å²) in [7, 11) is 0. The summed E-state index contributed by atoms with van der Waals surface area (Å²) >= 11 is 0. The molecule has 2 N–H and O–H groups in total. The van der Waals surface area contributed by atoms with Crippen LogP contribution in [0, 0.1) is 12.8 Å². The van der Waals surface area contributed by atoms with E-state index in [-0.39, 0.29) is 0 Å². The predicted octanol–water partition coefficient (Wildman–Crippen LogP) is 0.799. The summed E-state index contributed by atoms with van der Waals surface area (Å²) in [6.45, 7) is 6.49. The van der Waals surface area contributed by atoms with E-state index in [1.807, 2.05) is 6.92 Å². The fourth-order valence-electron chi connectivity index (χ4n) is 1.44. The molecule has 2 rings (SSSR count). The van der Waals surface area contributed by atoms with E-state index in [1.165, 1.54) is 0 Å². The fraction of sp³-hybridized carbons (Fsp3) is 0.600. The first kappa shape index (κ1) is 11.6. The molecule has 0 radical (unpaired) electrons. The molecule has 0 aromatic carbocycles. The van der Waals surface area contributed by atoms with E-state index >= 15 is 0 Å². The van der Waals surface area contributed by atoms with Crippen LogP contribution in [0.5, 0.6) is 0 Å². The molecule has 0 fully saturated rings. The number of nitrogens with two attached hydrogens (primary N) is 1. The first-order valence-corrected chi connectivity index (χ1v) is 5.53. The molecular formula is C10H16N6O. The average Bonchev–Trinajstić information content (AvgIpc) is 2.80. The second kappa shape index (κ2) is 4.52. The Morgan fingerprint density at radius 2 is 2.18 bits per heavy atom. The van der Waals surface area contributed by atoms with Gasteiger partial charge in [-0.25, -0.2) is 4.68 Å². The minimum atomic E-state index is 0.427. The van der Waals surface area contributed by atoms with Gasteiger partial charge in [-0.05, 0) is 12.8 Å². The molecule has 0 atom stereocenters. The number of hydrogen-bond donors (Lipinski definition) is 1. The Kier molecular flexibility index (Phi) is 3.08. The number of anilines is 1.